The molecular formula is C21H31NO12. The van der Waals surface area contributed by atoms with Crippen molar-refractivity contribution >= 4 is 35.8 Å². The molecule has 1 heterocycles. The molecule has 192 valence electrons. The van der Waals surface area contributed by atoms with Gasteiger partial charge < -0.3 is 33.7 Å². The van der Waals surface area contributed by atoms with Crippen LogP contribution in [0.4, 0.5) is 0 Å². The molecule has 0 saturated carbocycles. The molecule has 0 aromatic heterocycles. The standard InChI is InChI=1S/C21H31NO12/c1-10(23)22-17-15(31-12(3)25)8-21(6,20(28)29-7)34-19(17)18(33-14(5)27)16(32-13(4)26)9-30-11(2)24/h15-19H,8-9H2,1-7H3,(H,22,23)/t15?,16-,17-,18-,19?,21?/m1/s1. The minimum atomic E-state index is -1.71. The third-order valence-corrected chi connectivity index (χ3v) is 4.81. The zero-order valence-electron chi connectivity index (χ0n) is 20.2. The minimum absolute atomic E-state index is 0.213. The summed E-state index contributed by atoms with van der Waals surface area (Å²) in [5.74, 6) is -4.44. The summed E-state index contributed by atoms with van der Waals surface area (Å²) in [6, 6.07) is -1.15. The molecule has 1 fully saturated rings. The molecule has 1 amide bonds. The van der Waals surface area contributed by atoms with Crippen LogP contribution in [-0.4, -0.2) is 85.5 Å². The van der Waals surface area contributed by atoms with Gasteiger partial charge in [0.05, 0.1) is 13.2 Å². The fourth-order valence-corrected chi connectivity index (χ4v) is 3.66. The molecule has 0 aromatic carbocycles. The summed E-state index contributed by atoms with van der Waals surface area (Å²) in [5.41, 5.74) is -1.71. The molecule has 0 aromatic rings. The van der Waals surface area contributed by atoms with Crippen LogP contribution < -0.4 is 5.32 Å². The number of hydrogen-bond donors (Lipinski definition) is 1. The monoisotopic (exact) mass is 489 g/mol. The molecule has 1 saturated heterocycles. The number of carbonyl (C=O) groups is 6. The smallest absolute Gasteiger partial charge is 0.338 e. The number of methoxy groups -OCH3 is 1. The topological polar surface area (TPSA) is 170 Å². The first-order valence-electron chi connectivity index (χ1n) is 10.4. The van der Waals surface area contributed by atoms with Gasteiger partial charge in [0, 0.05) is 41.0 Å². The van der Waals surface area contributed by atoms with Crippen molar-refractivity contribution in [2.75, 3.05) is 13.7 Å². The first-order valence-corrected chi connectivity index (χ1v) is 10.4. The molecule has 1 N–H and O–H groups in total. The summed E-state index contributed by atoms with van der Waals surface area (Å²) < 4.78 is 31.8. The van der Waals surface area contributed by atoms with E-state index < -0.39 is 78.4 Å². The van der Waals surface area contributed by atoms with E-state index in [-0.39, 0.29) is 6.42 Å². The average Bonchev–Trinajstić information content (AvgIpc) is 2.69. The van der Waals surface area contributed by atoms with Gasteiger partial charge in [0.15, 0.2) is 17.8 Å². The van der Waals surface area contributed by atoms with Crippen LogP contribution in [0.2, 0.25) is 0 Å². The highest BCUT2D eigenvalue weighted by atomic mass is 16.6. The van der Waals surface area contributed by atoms with Crippen molar-refractivity contribution in [1.82, 2.24) is 5.32 Å². The van der Waals surface area contributed by atoms with E-state index in [1.54, 1.807) is 0 Å². The van der Waals surface area contributed by atoms with Gasteiger partial charge in [-0.2, -0.15) is 0 Å². The fourth-order valence-electron chi connectivity index (χ4n) is 3.66. The Morgan fingerprint density at radius 3 is 1.97 bits per heavy atom. The highest BCUT2D eigenvalue weighted by Crippen LogP contribution is 2.35. The van der Waals surface area contributed by atoms with E-state index in [1.165, 1.54) is 13.8 Å². The molecule has 34 heavy (non-hydrogen) atoms. The van der Waals surface area contributed by atoms with Crippen molar-refractivity contribution in [2.45, 2.75) is 84.0 Å². The maximum atomic E-state index is 12.6. The second-order valence-corrected chi connectivity index (χ2v) is 7.91. The van der Waals surface area contributed by atoms with Crippen LogP contribution in [0.1, 0.15) is 48.0 Å². The van der Waals surface area contributed by atoms with Gasteiger partial charge in [0.25, 0.3) is 0 Å². The maximum Gasteiger partial charge on any atom is 0.338 e. The van der Waals surface area contributed by atoms with Crippen molar-refractivity contribution < 1.29 is 57.2 Å². The normalized spacial score (nSPS) is 25.7. The van der Waals surface area contributed by atoms with Crippen molar-refractivity contribution in [1.29, 1.82) is 0 Å². The Labute approximate surface area is 196 Å². The third-order valence-electron chi connectivity index (χ3n) is 4.81. The van der Waals surface area contributed by atoms with E-state index in [0.29, 0.717) is 0 Å². The zero-order chi connectivity index (χ0) is 26.2. The molecule has 13 nitrogen and oxygen atoms in total. The molecule has 0 spiro atoms. The van der Waals surface area contributed by atoms with Crippen LogP contribution in [0.5, 0.6) is 0 Å². The lowest BCUT2D eigenvalue weighted by molar-refractivity contribution is -0.238. The minimum Gasteiger partial charge on any atom is -0.467 e. The van der Waals surface area contributed by atoms with Gasteiger partial charge >= 0.3 is 29.8 Å². The highest BCUT2D eigenvalue weighted by Gasteiger charge is 2.56. The number of hydrogen-bond acceptors (Lipinski definition) is 12. The fraction of sp³-hybridized carbons (Fsp3) is 0.714. The Bertz CT molecular complexity index is 812. The molecule has 3 unspecified atom stereocenters. The average molecular weight is 489 g/mol. The third kappa shape index (κ3) is 8.28. The molecule has 0 bridgehead atoms. The van der Waals surface area contributed by atoms with Gasteiger partial charge in [-0.05, 0) is 6.92 Å². The lowest BCUT2D eigenvalue weighted by atomic mass is 9.84. The molecule has 1 aliphatic rings. The van der Waals surface area contributed by atoms with Crippen LogP contribution in [0.25, 0.3) is 0 Å². The van der Waals surface area contributed by atoms with Crippen molar-refractivity contribution in [3.8, 4) is 0 Å². The number of amides is 1. The van der Waals surface area contributed by atoms with E-state index in [4.69, 9.17) is 28.4 Å². The van der Waals surface area contributed by atoms with Crippen molar-refractivity contribution in [3.63, 3.8) is 0 Å². The molecule has 6 atom stereocenters. The summed E-state index contributed by atoms with van der Waals surface area (Å²) in [6.45, 7) is 6.43. The highest BCUT2D eigenvalue weighted by molar-refractivity contribution is 5.80. The van der Waals surface area contributed by atoms with E-state index in [1.807, 2.05) is 0 Å². The Hall–Kier alpha value is -3.22. The molecule has 1 rings (SSSR count). The number of rotatable bonds is 9. The van der Waals surface area contributed by atoms with Crippen LogP contribution in [0, 0.1) is 0 Å². The van der Waals surface area contributed by atoms with Crippen LogP contribution in [0.15, 0.2) is 0 Å². The van der Waals surface area contributed by atoms with Crippen LogP contribution >= 0.6 is 0 Å². The van der Waals surface area contributed by atoms with Crippen molar-refractivity contribution in [3.05, 3.63) is 0 Å². The summed E-state index contributed by atoms with van der Waals surface area (Å²) in [6.07, 6.45) is -5.65. The lowest BCUT2D eigenvalue weighted by Crippen LogP contribution is -2.68. The first-order chi connectivity index (χ1) is 15.7. The Morgan fingerprint density at radius 2 is 1.53 bits per heavy atom. The Kier molecular flexibility index (Phi) is 10.4. The predicted octanol–water partition coefficient (Wildman–Crippen LogP) is -0.430. The van der Waals surface area contributed by atoms with Gasteiger partial charge in [0.1, 0.15) is 18.8 Å². The van der Waals surface area contributed by atoms with Crippen LogP contribution in [-0.2, 0) is 57.2 Å². The molecule has 0 aliphatic carbocycles. The van der Waals surface area contributed by atoms with E-state index in [0.717, 1.165) is 34.8 Å². The summed E-state index contributed by atoms with van der Waals surface area (Å²) in [5, 5.41) is 2.58. The zero-order valence-corrected chi connectivity index (χ0v) is 20.2. The summed E-state index contributed by atoms with van der Waals surface area (Å²) >= 11 is 0. The molecule has 1 aliphatic heterocycles. The maximum absolute atomic E-state index is 12.6. The van der Waals surface area contributed by atoms with Gasteiger partial charge in [-0.25, -0.2) is 4.79 Å². The molecular weight excluding hydrogens is 458 g/mol. The quantitative estimate of drug-likeness (QED) is 0.328. The Balaban J connectivity index is 3.64. The number of nitrogens with one attached hydrogen (secondary N) is 1. The molecule has 13 heteroatoms. The number of ether oxygens (including phenoxy) is 6. The number of esters is 5. The predicted molar refractivity (Wildman–Crippen MR) is 111 cm³/mol. The number of carbonyl (C=O) groups excluding carboxylic acids is 6. The van der Waals surface area contributed by atoms with E-state index in [9.17, 15) is 28.8 Å². The Morgan fingerprint density at radius 1 is 0.941 bits per heavy atom. The van der Waals surface area contributed by atoms with E-state index in [2.05, 4.69) is 5.32 Å². The van der Waals surface area contributed by atoms with Crippen molar-refractivity contribution in [2.24, 2.45) is 0 Å². The van der Waals surface area contributed by atoms with E-state index >= 15 is 0 Å². The second kappa shape index (κ2) is 12.3. The second-order valence-electron chi connectivity index (χ2n) is 7.91. The largest absolute Gasteiger partial charge is 0.467 e. The lowest BCUT2D eigenvalue weighted by Gasteiger charge is -2.47. The summed E-state index contributed by atoms with van der Waals surface area (Å²) in [4.78, 5) is 71.5. The molecule has 0 radical (unpaired) electrons. The van der Waals surface area contributed by atoms with Gasteiger partial charge in [-0.15, -0.1) is 0 Å². The van der Waals surface area contributed by atoms with Crippen LogP contribution in [0.3, 0.4) is 0 Å². The summed E-state index contributed by atoms with van der Waals surface area (Å²) in [7, 11) is 1.12. The van der Waals surface area contributed by atoms with Gasteiger partial charge in [-0.1, -0.05) is 0 Å². The van der Waals surface area contributed by atoms with Gasteiger partial charge in [-0.3, -0.25) is 24.0 Å². The first kappa shape index (κ1) is 28.8. The van der Waals surface area contributed by atoms with Gasteiger partial charge in [0.2, 0.25) is 5.91 Å². The SMILES string of the molecule is COC(=O)C1(C)CC(OC(C)=O)[C@@H](NC(C)=O)C([C@H](OC(C)=O)[C@@H](COC(C)=O)OC(C)=O)O1.